The van der Waals surface area contributed by atoms with Crippen molar-refractivity contribution in [2.24, 2.45) is 11.7 Å². The Morgan fingerprint density at radius 3 is 2.94 bits per heavy atom. The molecular formula is C12H19N3O. The lowest BCUT2D eigenvalue weighted by Gasteiger charge is -2.26. The molecule has 4 nitrogen and oxygen atoms in total. The van der Waals surface area contributed by atoms with E-state index in [0.717, 1.165) is 32.2 Å². The number of carbonyl (C=O) groups is 1. The topological polar surface area (TPSA) is 60.9 Å². The van der Waals surface area contributed by atoms with Crippen LogP contribution in [0.1, 0.15) is 43.0 Å². The van der Waals surface area contributed by atoms with Crippen molar-refractivity contribution in [2.75, 3.05) is 0 Å². The minimum atomic E-state index is 0.00301. The van der Waals surface area contributed by atoms with Crippen molar-refractivity contribution in [3.05, 3.63) is 18.0 Å². The van der Waals surface area contributed by atoms with Crippen molar-refractivity contribution in [3.63, 3.8) is 0 Å². The highest BCUT2D eigenvalue weighted by atomic mass is 16.1. The van der Waals surface area contributed by atoms with Gasteiger partial charge in [-0.15, -0.1) is 0 Å². The summed E-state index contributed by atoms with van der Waals surface area (Å²) in [6, 6.07) is 0.0335. The first-order chi connectivity index (χ1) is 7.72. The average molecular weight is 221 g/mol. The van der Waals surface area contributed by atoms with Crippen LogP contribution in [0.25, 0.3) is 0 Å². The largest absolute Gasteiger partial charge is 0.327 e. The standard InChI is InChI=1S/C12H19N3O/c1-2-15-8-9(7-14-15)12(16)10-5-3-4-6-11(10)13/h7-8,10-11H,2-6,13H2,1H3. The maximum atomic E-state index is 12.2. The SMILES string of the molecule is CCn1cc(C(=O)C2CCCCC2N)cn1. The molecule has 0 aromatic carbocycles. The lowest BCUT2D eigenvalue weighted by atomic mass is 9.81. The highest BCUT2D eigenvalue weighted by molar-refractivity contribution is 5.97. The molecule has 0 amide bonds. The van der Waals surface area contributed by atoms with Gasteiger partial charge < -0.3 is 5.73 Å². The number of rotatable bonds is 3. The van der Waals surface area contributed by atoms with Crippen LogP contribution in [0.4, 0.5) is 0 Å². The molecular weight excluding hydrogens is 202 g/mol. The zero-order valence-electron chi connectivity index (χ0n) is 9.72. The monoisotopic (exact) mass is 221 g/mol. The number of carbonyl (C=O) groups excluding carboxylic acids is 1. The van der Waals surface area contributed by atoms with E-state index < -0.39 is 0 Å². The van der Waals surface area contributed by atoms with Gasteiger partial charge in [-0.25, -0.2) is 0 Å². The smallest absolute Gasteiger partial charge is 0.170 e. The Morgan fingerprint density at radius 1 is 1.56 bits per heavy atom. The number of aromatic nitrogens is 2. The predicted molar refractivity (Wildman–Crippen MR) is 62.2 cm³/mol. The number of ketones is 1. The summed E-state index contributed by atoms with van der Waals surface area (Å²) in [6.45, 7) is 2.80. The molecule has 2 unspecified atom stereocenters. The molecule has 1 saturated carbocycles. The Labute approximate surface area is 95.8 Å². The molecule has 1 fully saturated rings. The third-order valence-corrected chi connectivity index (χ3v) is 3.40. The van der Waals surface area contributed by atoms with Crippen molar-refractivity contribution in [3.8, 4) is 0 Å². The van der Waals surface area contributed by atoms with E-state index in [0.29, 0.717) is 5.56 Å². The zero-order valence-corrected chi connectivity index (χ0v) is 9.72. The number of hydrogen-bond acceptors (Lipinski definition) is 3. The van der Waals surface area contributed by atoms with Crippen LogP contribution in [-0.2, 0) is 6.54 Å². The van der Waals surface area contributed by atoms with Gasteiger partial charge in [-0.1, -0.05) is 12.8 Å². The summed E-state index contributed by atoms with van der Waals surface area (Å²) in [4.78, 5) is 12.2. The minimum Gasteiger partial charge on any atom is -0.327 e. The number of aryl methyl sites for hydroxylation is 1. The summed E-state index contributed by atoms with van der Waals surface area (Å²) in [5, 5.41) is 4.13. The van der Waals surface area contributed by atoms with Gasteiger partial charge >= 0.3 is 0 Å². The average Bonchev–Trinajstić information content (AvgIpc) is 2.77. The Kier molecular flexibility index (Phi) is 3.39. The maximum Gasteiger partial charge on any atom is 0.170 e. The van der Waals surface area contributed by atoms with E-state index in [9.17, 15) is 4.79 Å². The molecule has 1 aliphatic carbocycles. The highest BCUT2D eigenvalue weighted by Crippen LogP contribution is 2.26. The first-order valence-corrected chi connectivity index (χ1v) is 6.04. The molecule has 2 atom stereocenters. The molecule has 0 bridgehead atoms. The molecule has 4 heteroatoms. The summed E-state index contributed by atoms with van der Waals surface area (Å²) in [5.74, 6) is 0.176. The third kappa shape index (κ3) is 2.16. The lowest BCUT2D eigenvalue weighted by Crippen LogP contribution is -2.38. The lowest BCUT2D eigenvalue weighted by molar-refractivity contribution is 0.0871. The van der Waals surface area contributed by atoms with Gasteiger partial charge in [0.1, 0.15) is 0 Å². The molecule has 1 aromatic heterocycles. The second-order valence-corrected chi connectivity index (χ2v) is 4.50. The van der Waals surface area contributed by atoms with Crippen LogP contribution in [0.15, 0.2) is 12.4 Å². The van der Waals surface area contributed by atoms with Gasteiger partial charge in [-0.2, -0.15) is 5.10 Å². The Hall–Kier alpha value is -1.16. The first-order valence-electron chi connectivity index (χ1n) is 6.04. The van der Waals surface area contributed by atoms with Crippen LogP contribution >= 0.6 is 0 Å². The van der Waals surface area contributed by atoms with Crippen LogP contribution < -0.4 is 5.73 Å². The van der Waals surface area contributed by atoms with E-state index in [1.807, 2.05) is 13.1 Å². The molecule has 2 rings (SSSR count). The van der Waals surface area contributed by atoms with Crippen molar-refractivity contribution in [1.82, 2.24) is 9.78 Å². The van der Waals surface area contributed by atoms with E-state index in [-0.39, 0.29) is 17.7 Å². The first kappa shape index (κ1) is 11.3. The molecule has 16 heavy (non-hydrogen) atoms. The molecule has 88 valence electrons. The number of nitrogens with zero attached hydrogens (tertiary/aromatic N) is 2. The summed E-state index contributed by atoms with van der Waals surface area (Å²) >= 11 is 0. The van der Waals surface area contributed by atoms with Crippen molar-refractivity contribution >= 4 is 5.78 Å². The van der Waals surface area contributed by atoms with Gasteiger partial charge in [0.15, 0.2) is 5.78 Å². The van der Waals surface area contributed by atoms with Gasteiger partial charge in [-0.05, 0) is 19.8 Å². The molecule has 1 aromatic rings. The Morgan fingerprint density at radius 2 is 2.31 bits per heavy atom. The van der Waals surface area contributed by atoms with E-state index >= 15 is 0 Å². The molecule has 1 aliphatic rings. The second kappa shape index (κ2) is 4.78. The Balaban J connectivity index is 2.11. The van der Waals surface area contributed by atoms with Gasteiger partial charge in [-0.3, -0.25) is 9.48 Å². The van der Waals surface area contributed by atoms with Crippen LogP contribution in [0, 0.1) is 5.92 Å². The fraction of sp³-hybridized carbons (Fsp3) is 0.667. The third-order valence-electron chi connectivity index (χ3n) is 3.40. The molecule has 1 heterocycles. The van der Waals surface area contributed by atoms with Crippen molar-refractivity contribution in [2.45, 2.75) is 45.2 Å². The quantitative estimate of drug-likeness (QED) is 0.789. The fourth-order valence-corrected chi connectivity index (χ4v) is 2.36. The van der Waals surface area contributed by atoms with Gasteiger partial charge in [0.25, 0.3) is 0 Å². The molecule has 0 radical (unpaired) electrons. The van der Waals surface area contributed by atoms with E-state index in [4.69, 9.17) is 5.73 Å². The van der Waals surface area contributed by atoms with Crippen LogP contribution in [0.2, 0.25) is 0 Å². The Bertz CT molecular complexity index is 372. The van der Waals surface area contributed by atoms with Gasteiger partial charge in [0.05, 0.1) is 11.8 Å². The summed E-state index contributed by atoms with van der Waals surface area (Å²) in [7, 11) is 0. The van der Waals surface area contributed by atoms with Crippen LogP contribution in [-0.4, -0.2) is 21.6 Å². The van der Waals surface area contributed by atoms with Crippen molar-refractivity contribution < 1.29 is 4.79 Å². The van der Waals surface area contributed by atoms with Crippen LogP contribution in [0.5, 0.6) is 0 Å². The predicted octanol–water partition coefficient (Wildman–Crippen LogP) is 1.60. The minimum absolute atomic E-state index is 0.00301. The maximum absolute atomic E-state index is 12.2. The summed E-state index contributed by atoms with van der Waals surface area (Å²) in [5.41, 5.74) is 6.72. The van der Waals surface area contributed by atoms with Gasteiger partial charge in [0, 0.05) is 24.7 Å². The number of nitrogens with two attached hydrogens (primary N) is 1. The fourth-order valence-electron chi connectivity index (χ4n) is 2.36. The van der Waals surface area contributed by atoms with Gasteiger partial charge in [0.2, 0.25) is 0 Å². The van der Waals surface area contributed by atoms with E-state index in [2.05, 4.69) is 5.10 Å². The molecule has 0 saturated heterocycles. The van der Waals surface area contributed by atoms with E-state index in [1.165, 1.54) is 0 Å². The molecule has 0 spiro atoms. The molecule has 0 aliphatic heterocycles. The van der Waals surface area contributed by atoms with Crippen LogP contribution in [0.3, 0.4) is 0 Å². The normalized spacial score (nSPS) is 25.6. The highest BCUT2D eigenvalue weighted by Gasteiger charge is 2.29. The second-order valence-electron chi connectivity index (χ2n) is 4.50. The van der Waals surface area contributed by atoms with E-state index in [1.54, 1.807) is 10.9 Å². The molecule has 2 N–H and O–H groups in total. The number of Topliss-reactive ketones (excluding diaryl/α,β-unsaturated/α-hetero) is 1. The summed E-state index contributed by atoms with van der Waals surface area (Å²) in [6.07, 6.45) is 7.65. The number of hydrogen-bond donors (Lipinski definition) is 1. The zero-order chi connectivity index (χ0) is 11.5. The summed E-state index contributed by atoms with van der Waals surface area (Å²) < 4.78 is 1.78. The van der Waals surface area contributed by atoms with Crippen molar-refractivity contribution in [1.29, 1.82) is 0 Å².